The van der Waals surface area contributed by atoms with Crippen molar-refractivity contribution in [3.05, 3.63) is 28.0 Å². The Labute approximate surface area is 86.6 Å². The van der Waals surface area contributed by atoms with Crippen molar-refractivity contribution >= 4 is 11.6 Å². The van der Waals surface area contributed by atoms with Gasteiger partial charge in [0.1, 0.15) is 22.9 Å². The second kappa shape index (κ2) is 3.29. The molecule has 0 radical (unpaired) electrons. The second-order valence-electron chi connectivity index (χ2n) is 3.26. The van der Waals surface area contributed by atoms with Crippen LogP contribution < -0.4 is 0 Å². The summed E-state index contributed by atoms with van der Waals surface area (Å²) in [6, 6.07) is 5.52. The molecule has 0 saturated heterocycles. The molecule has 0 bridgehead atoms. The Morgan fingerprint density at radius 3 is 2.57 bits per heavy atom. The van der Waals surface area contributed by atoms with Crippen LogP contribution in [0.1, 0.15) is 35.6 Å². The highest BCUT2D eigenvalue weighted by atomic mass is 35.5. The van der Waals surface area contributed by atoms with E-state index in [0.29, 0.717) is 11.5 Å². The maximum atomic E-state index is 8.81. The van der Waals surface area contributed by atoms with E-state index in [0.717, 1.165) is 18.5 Å². The first-order chi connectivity index (χ1) is 6.76. The Kier molecular flexibility index (Phi) is 2.11. The predicted molar refractivity (Wildman–Crippen MR) is 50.7 cm³/mol. The molecule has 1 aliphatic rings. The summed E-state index contributed by atoms with van der Waals surface area (Å²) in [5.41, 5.74) is 1.35. The quantitative estimate of drug-likeness (QED) is 0.659. The molecule has 0 N–H and O–H groups in total. The summed E-state index contributed by atoms with van der Waals surface area (Å²) >= 11 is 5.80. The highest BCUT2D eigenvalue weighted by molar-refractivity contribution is 6.30. The van der Waals surface area contributed by atoms with E-state index >= 15 is 0 Å². The number of pyridine rings is 1. The Bertz CT molecular complexity index is 463. The third kappa shape index (κ3) is 1.43. The van der Waals surface area contributed by atoms with Crippen molar-refractivity contribution in [3.8, 4) is 12.1 Å². The number of aromatic nitrogens is 1. The van der Waals surface area contributed by atoms with Crippen LogP contribution in [0.15, 0.2) is 6.07 Å². The van der Waals surface area contributed by atoms with Gasteiger partial charge in [0.05, 0.1) is 5.56 Å². The smallest absolute Gasteiger partial charge is 0.148 e. The van der Waals surface area contributed by atoms with Crippen LogP contribution in [0.2, 0.25) is 5.15 Å². The third-order valence-electron chi connectivity index (χ3n) is 2.22. The van der Waals surface area contributed by atoms with Crippen LogP contribution >= 0.6 is 11.6 Å². The van der Waals surface area contributed by atoms with Gasteiger partial charge in [-0.25, -0.2) is 4.98 Å². The highest BCUT2D eigenvalue weighted by Crippen LogP contribution is 2.40. The summed E-state index contributed by atoms with van der Waals surface area (Å²) in [4.78, 5) is 4.11. The van der Waals surface area contributed by atoms with Crippen LogP contribution in [0.4, 0.5) is 0 Å². The van der Waals surface area contributed by atoms with Gasteiger partial charge in [-0.1, -0.05) is 11.6 Å². The van der Waals surface area contributed by atoms with Gasteiger partial charge >= 0.3 is 0 Å². The van der Waals surface area contributed by atoms with Gasteiger partial charge in [-0.3, -0.25) is 0 Å². The maximum absolute atomic E-state index is 8.81. The molecule has 14 heavy (non-hydrogen) atoms. The lowest BCUT2D eigenvalue weighted by Gasteiger charge is -2.01. The molecular weight excluding hydrogens is 198 g/mol. The van der Waals surface area contributed by atoms with Crippen LogP contribution in [-0.2, 0) is 0 Å². The van der Waals surface area contributed by atoms with Gasteiger partial charge in [0.15, 0.2) is 0 Å². The van der Waals surface area contributed by atoms with Crippen LogP contribution in [-0.4, -0.2) is 4.98 Å². The first-order valence-electron chi connectivity index (χ1n) is 4.27. The van der Waals surface area contributed by atoms with E-state index in [1.54, 1.807) is 6.07 Å². The fourth-order valence-electron chi connectivity index (χ4n) is 1.32. The lowest BCUT2D eigenvalue weighted by Crippen LogP contribution is -1.94. The van der Waals surface area contributed by atoms with Crippen LogP contribution in [0.25, 0.3) is 0 Å². The summed E-state index contributed by atoms with van der Waals surface area (Å²) < 4.78 is 0. The van der Waals surface area contributed by atoms with E-state index in [2.05, 4.69) is 4.98 Å². The van der Waals surface area contributed by atoms with Gasteiger partial charge in [0.25, 0.3) is 0 Å². The van der Waals surface area contributed by atoms with E-state index in [9.17, 15) is 0 Å². The number of nitriles is 2. The molecule has 0 unspecified atom stereocenters. The predicted octanol–water partition coefficient (Wildman–Crippen LogP) is 2.36. The molecule has 1 fully saturated rings. The molecule has 1 aliphatic carbocycles. The van der Waals surface area contributed by atoms with Gasteiger partial charge in [-0.2, -0.15) is 10.5 Å². The minimum absolute atomic E-state index is 0.147. The number of nitrogens with zero attached hydrogens (tertiary/aromatic N) is 3. The van der Waals surface area contributed by atoms with Crippen molar-refractivity contribution in [1.29, 1.82) is 10.5 Å². The number of rotatable bonds is 1. The number of halogens is 1. The topological polar surface area (TPSA) is 60.5 Å². The van der Waals surface area contributed by atoms with Gasteiger partial charge in [0.2, 0.25) is 0 Å². The Hall–Kier alpha value is -1.58. The van der Waals surface area contributed by atoms with E-state index in [1.165, 1.54) is 0 Å². The van der Waals surface area contributed by atoms with E-state index < -0.39 is 0 Å². The first-order valence-corrected chi connectivity index (χ1v) is 4.64. The van der Waals surface area contributed by atoms with Crippen molar-refractivity contribution < 1.29 is 0 Å². The SMILES string of the molecule is N#Cc1cc(C2CC2)nc(Cl)c1C#N. The van der Waals surface area contributed by atoms with Crippen molar-refractivity contribution in [1.82, 2.24) is 4.98 Å². The molecule has 1 saturated carbocycles. The first kappa shape index (κ1) is 8.99. The zero-order valence-electron chi connectivity index (χ0n) is 7.29. The zero-order chi connectivity index (χ0) is 10.1. The monoisotopic (exact) mass is 203 g/mol. The van der Waals surface area contributed by atoms with Crippen LogP contribution in [0, 0.1) is 22.7 Å². The molecule has 0 aliphatic heterocycles. The van der Waals surface area contributed by atoms with Crippen molar-refractivity contribution in [2.45, 2.75) is 18.8 Å². The lowest BCUT2D eigenvalue weighted by molar-refractivity contribution is 1.02. The van der Waals surface area contributed by atoms with Gasteiger partial charge in [-0.05, 0) is 18.9 Å². The standard InChI is InChI=1S/C10H6ClN3/c11-10-8(5-13)7(4-12)3-9(14-10)6-1-2-6/h3,6H,1-2H2. The molecule has 68 valence electrons. The highest BCUT2D eigenvalue weighted by Gasteiger charge is 2.26. The second-order valence-corrected chi connectivity index (χ2v) is 3.62. The summed E-state index contributed by atoms with van der Waals surface area (Å²) in [6.45, 7) is 0. The van der Waals surface area contributed by atoms with Crippen molar-refractivity contribution in [2.24, 2.45) is 0 Å². The van der Waals surface area contributed by atoms with Crippen LogP contribution in [0.3, 0.4) is 0 Å². The molecule has 1 aromatic rings. The minimum atomic E-state index is 0.147. The Morgan fingerprint density at radius 1 is 1.36 bits per heavy atom. The minimum Gasteiger partial charge on any atom is -0.239 e. The average molecular weight is 204 g/mol. The summed E-state index contributed by atoms with van der Waals surface area (Å²) in [5, 5.41) is 17.7. The summed E-state index contributed by atoms with van der Waals surface area (Å²) in [7, 11) is 0. The van der Waals surface area contributed by atoms with Crippen molar-refractivity contribution in [3.63, 3.8) is 0 Å². The number of hydrogen-bond acceptors (Lipinski definition) is 3. The maximum Gasteiger partial charge on any atom is 0.148 e. The van der Waals surface area contributed by atoms with E-state index in [1.807, 2.05) is 12.1 Å². The third-order valence-corrected chi connectivity index (χ3v) is 2.50. The largest absolute Gasteiger partial charge is 0.239 e. The molecule has 2 rings (SSSR count). The fraction of sp³-hybridized carbons (Fsp3) is 0.300. The fourth-order valence-corrected chi connectivity index (χ4v) is 1.56. The molecule has 1 heterocycles. The molecular formula is C10H6ClN3. The normalized spacial score (nSPS) is 14.5. The number of hydrogen-bond donors (Lipinski definition) is 0. The lowest BCUT2D eigenvalue weighted by atomic mass is 10.1. The molecule has 0 amide bonds. The van der Waals surface area contributed by atoms with Crippen molar-refractivity contribution in [2.75, 3.05) is 0 Å². The zero-order valence-corrected chi connectivity index (χ0v) is 8.04. The van der Waals surface area contributed by atoms with Crippen LogP contribution in [0.5, 0.6) is 0 Å². The van der Waals surface area contributed by atoms with E-state index in [-0.39, 0.29) is 10.7 Å². The summed E-state index contributed by atoms with van der Waals surface area (Å²) in [6.07, 6.45) is 2.19. The van der Waals surface area contributed by atoms with Gasteiger partial charge in [0, 0.05) is 11.6 Å². The molecule has 0 spiro atoms. The molecule has 4 heteroatoms. The molecule has 3 nitrogen and oxygen atoms in total. The van der Waals surface area contributed by atoms with E-state index in [4.69, 9.17) is 22.1 Å². The molecule has 0 aromatic carbocycles. The Balaban J connectivity index is 2.57. The average Bonchev–Trinajstić information content (AvgIpc) is 2.99. The molecule has 1 aromatic heterocycles. The van der Waals surface area contributed by atoms with Gasteiger partial charge < -0.3 is 0 Å². The molecule has 0 atom stereocenters. The summed E-state index contributed by atoms with van der Waals surface area (Å²) in [5.74, 6) is 0.437. The van der Waals surface area contributed by atoms with Gasteiger partial charge in [-0.15, -0.1) is 0 Å². The Morgan fingerprint density at radius 2 is 2.07 bits per heavy atom.